The summed E-state index contributed by atoms with van der Waals surface area (Å²) in [6.07, 6.45) is 3.95. The zero-order valence-corrected chi connectivity index (χ0v) is 44.0. The second kappa shape index (κ2) is 20.8. The highest BCUT2D eigenvalue weighted by Crippen LogP contribution is 2.48. The number of thioether (sulfide) groups is 1. The van der Waals surface area contributed by atoms with Crippen LogP contribution in [-0.2, 0) is 40.8 Å². The summed E-state index contributed by atoms with van der Waals surface area (Å²) in [6.45, 7) is 9.07. The van der Waals surface area contributed by atoms with Crippen LogP contribution in [0.2, 0.25) is 0 Å². The number of aryl methyl sites for hydroxylation is 1. The maximum atomic E-state index is 15.0. The number of thiazole rings is 1. The van der Waals surface area contributed by atoms with Gasteiger partial charge in [0.1, 0.15) is 34.4 Å². The van der Waals surface area contributed by atoms with Crippen molar-refractivity contribution in [3.05, 3.63) is 220 Å². The van der Waals surface area contributed by atoms with Crippen LogP contribution in [0.25, 0.3) is 0 Å². The molecular weight excluding hydrogens is 987 g/mol. The molecule has 2 aromatic heterocycles. The van der Waals surface area contributed by atoms with Crippen LogP contribution in [0.5, 0.6) is 0 Å². The average molecular weight is 1040 g/mol. The molecule has 0 radical (unpaired) electrons. The van der Waals surface area contributed by atoms with Gasteiger partial charge in [-0.2, -0.15) is 0 Å². The van der Waals surface area contributed by atoms with Crippen molar-refractivity contribution in [3.63, 3.8) is 0 Å². The van der Waals surface area contributed by atoms with Crippen LogP contribution in [-0.4, -0.2) is 76.4 Å². The first-order chi connectivity index (χ1) is 35.7. The average Bonchev–Trinajstić information content (AvgIpc) is 4.18. The smallest absolute Gasteiger partial charge is 0.353 e. The van der Waals surface area contributed by atoms with E-state index in [1.54, 1.807) is 42.8 Å². The number of benzene rings is 5. The molecule has 1 unspecified atom stereocenters. The number of rotatable bonds is 16. The van der Waals surface area contributed by atoms with E-state index >= 15 is 0 Å². The number of hydrogen-bond donors (Lipinski definition) is 2. The molecule has 1 saturated heterocycles. The number of amides is 2. The molecule has 2 amide bonds. The molecule has 3 aliphatic rings. The Labute approximate surface area is 444 Å². The zero-order valence-electron chi connectivity index (χ0n) is 41.5. The van der Waals surface area contributed by atoms with Crippen molar-refractivity contribution >= 4 is 69.0 Å². The number of hydrogen-bond acceptors (Lipinski definition) is 13. The van der Waals surface area contributed by atoms with Crippen molar-refractivity contribution in [3.8, 4) is 0 Å². The summed E-state index contributed by atoms with van der Waals surface area (Å²) in [7, 11) is 0. The molecule has 7 aromatic rings. The quantitative estimate of drug-likeness (QED) is 0.0238. The van der Waals surface area contributed by atoms with Gasteiger partial charge in [0.15, 0.2) is 10.8 Å². The van der Waals surface area contributed by atoms with Crippen LogP contribution in [0.4, 0.5) is 5.13 Å². The van der Waals surface area contributed by atoms with E-state index in [4.69, 9.17) is 31.5 Å². The summed E-state index contributed by atoms with van der Waals surface area (Å²) in [5.74, 6) is -1.33. The number of ether oxygens (including phenoxy) is 2. The van der Waals surface area contributed by atoms with E-state index in [9.17, 15) is 14.4 Å². The van der Waals surface area contributed by atoms with Gasteiger partial charge in [0, 0.05) is 35.5 Å². The normalized spacial score (nSPS) is 17.8. The van der Waals surface area contributed by atoms with E-state index in [1.807, 2.05) is 128 Å². The number of carbonyl (C=O) groups is 3. The molecule has 376 valence electrons. The minimum Gasteiger partial charge on any atom is -0.469 e. The van der Waals surface area contributed by atoms with Gasteiger partial charge in [0.25, 0.3) is 11.8 Å². The number of aromatic nitrogens is 3. The molecular formula is C58H55N7O6S3. The summed E-state index contributed by atoms with van der Waals surface area (Å²) >= 11 is 9.08. The minimum atomic E-state index is -1.62. The highest BCUT2D eigenvalue weighted by Gasteiger charge is 2.55. The van der Waals surface area contributed by atoms with Crippen LogP contribution in [0.15, 0.2) is 186 Å². The first-order valence-electron chi connectivity index (χ1n) is 24.4. The third-order valence-corrected chi connectivity index (χ3v) is 15.6. The third-order valence-electron chi connectivity index (χ3n) is 13.2. The van der Waals surface area contributed by atoms with Gasteiger partial charge in [-0.15, -0.1) is 23.1 Å². The van der Waals surface area contributed by atoms with Crippen molar-refractivity contribution in [2.24, 2.45) is 5.16 Å². The molecule has 1 fully saturated rings. The number of fused-ring (bicyclic) bond motifs is 2. The lowest BCUT2D eigenvalue weighted by Gasteiger charge is -2.51. The SMILES string of the molecule is CC(C)(C)OC(=O)C(C)(C)ON=C(C(=O)N[C@@H]1C(=O)N2C(C(=S)OC(c3ccccc3)c3ccccc3)=C(C3CCn4cncc43)CS[C@H]12)c1csc(NC(c2ccccc2)(c2ccccc2)c2ccccc2)n1. The Morgan fingerprint density at radius 1 is 0.797 bits per heavy atom. The fourth-order valence-corrected chi connectivity index (χ4v) is 12.1. The summed E-state index contributed by atoms with van der Waals surface area (Å²) in [4.78, 5) is 60.3. The number of β-lactam (4-membered cyclic amide) rings is 1. The Hall–Kier alpha value is -7.40. The lowest BCUT2D eigenvalue weighted by molar-refractivity contribution is -0.179. The molecule has 5 heterocycles. The number of carbonyl (C=O) groups excluding carboxylic acids is 3. The molecule has 16 heteroatoms. The summed E-state index contributed by atoms with van der Waals surface area (Å²) in [5.41, 5.74) is 3.74. The van der Waals surface area contributed by atoms with Crippen LogP contribution < -0.4 is 10.6 Å². The molecule has 3 aliphatic heterocycles. The van der Waals surface area contributed by atoms with Crippen molar-refractivity contribution in [1.82, 2.24) is 24.8 Å². The number of esters is 1. The Bertz CT molecular complexity index is 3100. The fraction of sp³-hybridized carbons (Fsp3) is 0.259. The summed E-state index contributed by atoms with van der Waals surface area (Å²) < 4.78 is 14.6. The van der Waals surface area contributed by atoms with Crippen molar-refractivity contribution in [2.45, 2.75) is 87.8 Å². The topological polar surface area (TPSA) is 149 Å². The molecule has 0 saturated carbocycles. The van der Waals surface area contributed by atoms with E-state index in [0.29, 0.717) is 16.6 Å². The molecule has 10 rings (SSSR count). The van der Waals surface area contributed by atoms with Gasteiger partial charge in [-0.1, -0.05) is 157 Å². The van der Waals surface area contributed by atoms with Gasteiger partial charge < -0.3 is 29.5 Å². The molecule has 0 aliphatic carbocycles. The van der Waals surface area contributed by atoms with Gasteiger partial charge in [-0.25, -0.2) is 14.8 Å². The Morgan fingerprint density at radius 2 is 1.35 bits per heavy atom. The highest BCUT2D eigenvalue weighted by molar-refractivity contribution is 8.00. The van der Waals surface area contributed by atoms with Gasteiger partial charge >= 0.3 is 5.97 Å². The maximum absolute atomic E-state index is 15.0. The van der Waals surface area contributed by atoms with E-state index in [0.717, 1.165) is 52.0 Å². The summed E-state index contributed by atoms with van der Waals surface area (Å²) in [5, 5.41) is 12.9. The predicted octanol–water partition coefficient (Wildman–Crippen LogP) is 10.6. The zero-order chi connectivity index (χ0) is 51.6. The monoisotopic (exact) mass is 1040 g/mol. The molecule has 3 atom stereocenters. The minimum absolute atomic E-state index is 0.0584. The van der Waals surface area contributed by atoms with E-state index < -0.39 is 46.1 Å². The fourth-order valence-electron chi connectivity index (χ4n) is 9.62. The van der Waals surface area contributed by atoms with E-state index in [2.05, 4.69) is 61.7 Å². The van der Waals surface area contributed by atoms with Crippen LogP contribution in [0.1, 0.15) is 92.3 Å². The second-order valence-corrected chi connectivity index (χ2v) is 22.1. The van der Waals surface area contributed by atoms with Crippen molar-refractivity contribution in [2.75, 3.05) is 11.1 Å². The molecule has 0 spiro atoms. The van der Waals surface area contributed by atoms with Crippen LogP contribution >= 0.6 is 35.3 Å². The van der Waals surface area contributed by atoms with Crippen LogP contribution in [0, 0.1) is 0 Å². The lowest BCUT2D eigenvalue weighted by atomic mass is 9.77. The molecule has 5 aromatic carbocycles. The van der Waals surface area contributed by atoms with Crippen molar-refractivity contribution < 1.29 is 28.7 Å². The van der Waals surface area contributed by atoms with Gasteiger partial charge in [-0.05, 0) is 86.6 Å². The van der Waals surface area contributed by atoms with Gasteiger partial charge in [0.2, 0.25) is 10.7 Å². The molecule has 13 nitrogen and oxygen atoms in total. The number of thiocarbonyl (C=S) groups is 1. The largest absolute Gasteiger partial charge is 0.469 e. The first kappa shape index (κ1) is 50.1. The third kappa shape index (κ3) is 10.0. The van der Waals surface area contributed by atoms with Gasteiger partial charge in [-0.3, -0.25) is 14.5 Å². The standard InChI is InChI=1S/C58H55N7O6S3/c1-56(2,3)70-54(68)57(4,5)71-63-46(44-35-74-55(60-44)62-58(39-25-15-8-16-26-39,40-27-17-9-18-28-40)41-29-19-10-20-30-41)50(66)61-47-51(67)65-48(43(34-73-52(47)65)42-31-32-64-36-59-33-45(42)64)53(72)69-49(37-21-11-6-12-22-37)38-23-13-7-14-24-38/h6-30,33,35-36,42,47,49,52H,31-32,34H2,1-5H3,(H,60,62)(H,61,66)/t42?,47-,52-/m1/s1. The van der Waals surface area contributed by atoms with Crippen LogP contribution in [0.3, 0.4) is 0 Å². The highest BCUT2D eigenvalue weighted by atomic mass is 32.2. The summed E-state index contributed by atoms with van der Waals surface area (Å²) in [6, 6.07) is 49.0. The predicted molar refractivity (Wildman–Crippen MR) is 293 cm³/mol. The number of anilines is 1. The molecule has 0 bridgehead atoms. The second-order valence-electron chi connectivity index (χ2n) is 19.7. The number of nitrogens with one attached hydrogen (secondary N) is 2. The van der Waals surface area contributed by atoms with Crippen molar-refractivity contribution in [1.29, 1.82) is 0 Å². The lowest BCUT2D eigenvalue weighted by Crippen LogP contribution is -2.71. The van der Waals surface area contributed by atoms with E-state index in [-0.39, 0.29) is 28.3 Å². The number of nitrogens with zero attached hydrogens (tertiary/aromatic N) is 5. The first-order valence-corrected chi connectivity index (χ1v) is 26.8. The Balaban J connectivity index is 0.986. The Morgan fingerprint density at radius 3 is 1.91 bits per heavy atom. The molecule has 74 heavy (non-hydrogen) atoms. The number of imidazole rings is 1. The van der Waals surface area contributed by atoms with Gasteiger partial charge in [0.05, 0.1) is 12.0 Å². The Kier molecular flexibility index (Phi) is 14.1. The van der Waals surface area contributed by atoms with E-state index in [1.165, 1.54) is 25.2 Å². The number of oxime groups is 1. The molecule has 2 N–H and O–H groups in total. The maximum Gasteiger partial charge on any atom is 0.353 e.